The molecule has 0 aromatic heterocycles. The first-order chi connectivity index (χ1) is 14.9. The summed E-state index contributed by atoms with van der Waals surface area (Å²) < 4.78 is 4.61. The third-order valence-electron chi connectivity index (χ3n) is 5.40. The van der Waals surface area contributed by atoms with E-state index in [-0.39, 0.29) is 55.7 Å². The predicted molar refractivity (Wildman–Crippen MR) is 117 cm³/mol. The van der Waals surface area contributed by atoms with Gasteiger partial charge in [0.15, 0.2) is 0 Å². The van der Waals surface area contributed by atoms with Gasteiger partial charge in [-0.1, -0.05) is 31.4 Å². The highest BCUT2D eigenvalue weighted by molar-refractivity contribution is 5.95. The number of methoxy groups -OCH3 is 1. The van der Waals surface area contributed by atoms with E-state index in [0.29, 0.717) is 12.1 Å². The molecule has 0 saturated heterocycles. The molecule has 8 nitrogen and oxygen atoms in total. The van der Waals surface area contributed by atoms with Crippen LogP contribution in [0.5, 0.6) is 0 Å². The highest BCUT2D eigenvalue weighted by Gasteiger charge is 2.27. The summed E-state index contributed by atoms with van der Waals surface area (Å²) in [5.74, 6) is -1.19. The van der Waals surface area contributed by atoms with Gasteiger partial charge in [-0.05, 0) is 43.9 Å². The Labute approximate surface area is 183 Å². The first-order valence-electron chi connectivity index (χ1n) is 10.9. The molecule has 170 valence electrons. The van der Waals surface area contributed by atoms with Crippen molar-refractivity contribution in [2.45, 2.75) is 64.3 Å². The molecule has 1 aromatic rings. The van der Waals surface area contributed by atoms with Crippen LogP contribution in [0.15, 0.2) is 24.3 Å². The van der Waals surface area contributed by atoms with Gasteiger partial charge in [-0.3, -0.25) is 19.2 Å². The summed E-state index contributed by atoms with van der Waals surface area (Å²) in [6.45, 7) is 1.68. The summed E-state index contributed by atoms with van der Waals surface area (Å²) in [6.07, 6.45) is 5.65. The molecular formula is C23H33N3O5. The zero-order chi connectivity index (χ0) is 22.6. The summed E-state index contributed by atoms with van der Waals surface area (Å²) in [5, 5.41) is 5.35. The lowest BCUT2D eigenvalue weighted by molar-refractivity contribution is -0.142. The van der Waals surface area contributed by atoms with Crippen LogP contribution in [0.4, 0.5) is 5.69 Å². The van der Waals surface area contributed by atoms with E-state index in [1.54, 1.807) is 11.0 Å². The van der Waals surface area contributed by atoms with Crippen molar-refractivity contribution in [1.29, 1.82) is 0 Å². The Morgan fingerprint density at radius 3 is 2.48 bits per heavy atom. The van der Waals surface area contributed by atoms with Crippen LogP contribution in [0.25, 0.3) is 0 Å². The van der Waals surface area contributed by atoms with Gasteiger partial charge in [0.05, 0.1) is 20.2 Å². The van der Waals surface area contributed by atoms with E-state index in [1.807, 2.05) is 25.1 Å². The molecule has 0 radical (unpaired) electrons. The van der Waals surface area contributed by atoms with Gasteiger partial charge < -0.3 is 20.3 Å². The van der Waals surface area contributed by atoms with Crippen molar-refractivity contribution in [1.82, 2.24) is 10.2 Å². The maximum atomic E-state index is 12.8. The highest BCUT2D eigenvalue weighted by atomic mass is 16.5. The van der Waals surface area contributed by atoms with Gasteiger partial charge in [0.1, 0.15) is 0 Å². The number of hydrogen-bond acceptors (Lipinski definition) is 5. The molecule has 1 fully saturated rings. The zero-order valence-electron chi connectivity index (χ0n) is 18.4. The van der Waals surface area contributed by atoms with Gasteiger partial charge in [0, 0.05) is 24.6 Å². The van der Waals surface area contributed by atoms with Gasteiger partial charge in [0.25, 0.3) is 0 Å². The van der Waals surface area contributed by atoms with E-state index < -0.39 is 0 Å². The molecule has 1 aromatic carbocycles. The van der Waals surface area contributed by atoms with Gasteiger partial charge in [-0.15, -0.1) is 0 Å². The molecule has 0 heterocycles. The average Bonchev–Trinajstić information content (AvgIpc) is 2.76. The number of carbonyl (C=O) groups excluding carboxylic acids is 4. The van der Waals surface area contributed by atoms with Crippen LogP contribution in [0.1, 0.15) is 56.9 Å². The van der Waals surface area contributed by atoms with Gasteiger partial charge in [-0.25, -0.2) is 0 Å². The fourth-order valence-corrected chi connectivity index (χ4v) is 3.76. The molecule has 0 atom stereocenters. The number of nitrogens with one attached hydrogen (secondary N) is 2. The maximum Gasteiger partial charge on any atom is 0.305 e. The molecule has 1 aliphatic rings. The maximum absolute atomic E-state index is 12.8. The summed E-state index contributed by atoms with van der Waals surface area (Å²) in [5.41, 5.74) is 1.69. The first-order valence-corrected chi connectivity index (χ1v) is 10.9. The number of ether oxygens (including phenoxy) is 1. The van der Waals surface area contributed by atoms with Gasteiger partial charge in [-0.2, -0.15) is 0 Å². The van der Waals surface area contributed by atoms with Crippen molar-refractivity contribution in [3.63, 3.8) is 0 Å². The minimum atomic E-state index is -0.369. The molecule has 1 saturated carbocycles. The van der Waals surface area contributed by atoms with Crippen molar-refractivity contribution in [3.8, 4) is 0 Å². The smallest absolute Gasteiger partial charge is 0.305 e. The fourth-order valence-electron chi connectivity index (χ4n) is 3.76. The topological polar surface area (TPSA) is 105 Å². The lowest BCUT2D eigenvalue weighted by Crippen LogP contribution is -2.48. The lowest BCUT2D eigenvalue weighted by Gasteiger charge is -2.34. The van der Waals surface area contributed by atoms with E-state index in [2.05, 4.69) is 15.4 Å². The van der Waals surface area contributed by atoms with Gasteiger partial charge >= 0.3 is 5.97 Å². The largest absolute Gasteiger partial charge is 0.469 e. The summed E-state index contributed by atoms with van der Waals surface area (Å²) in [4.78, 5) is 50.3. The standard InChI is InChI=1S/C23H33N3O5/c1-17-8-6-9-18(14-17)25-20(27)15-24-21(28)16-26(19-10-4-3-5-11-19)22(29)12-7-13-23(30)31-2/h6,8-9,14,19H,3-5,7,10-13,15-16H2,1-2H3,(H,24,28)(H,25,27). The van der Waals surface area contributed by atoms with Crippen LogP contribution in [0, 0.1) is 6.92 Å². The summed E-state index contributed by atoms with van der Waals surface area (Å²) >= 11 is 0. The van der Waals surface area contributed by atoms with Crippen molar-refractivity contribution in [2.75, 3.05) is 25.5 Å². The Morgan fingerprint density at radius 2 is 1.81 bits per heavy atom. The van der Waals surface area contributed by atoms with E-state index in [0.717, 1.165) is 37.7 Å². The van der Waals surface area contributed by atoms with Crippen molar-refractivity contribution in [3.05, 3.63) is 29.8 Å². The number of rotatable bonds is 10. The third kappa shape index (κ3) is 8.78. The Bertz CT molecular complexity index is 774. The molecular weight excluding hydrogens is 398 g/mol. The average molecular weight is 432 g/mol. The van der Waals surface area contributed by atoms with Crippen LogP contribution in [-0.2, 0) is 23.9 Å². The zero-order valence-corrected chi connectivity index (χ0v) is 18.4. The lowest BCUT2D eigenvalue weighted by atomic mass is 9.93. The van der Waals surface area contributed by atoms with Crippen LogP contribution in [0.2, 0.25) is 0 Å². The number of hydrogen-bond donors (Lipinski definition) is 2. The first kappa shape index (κ1) is 24.4. The van der Waals surface area contributed by atoms with Crippen LogP contribution in [0.3, 0.4) is 0 Å². The Hall–Kier alpha value is -2.90. The highest BCUT2D eigenvalue weighted by Crippen LogP contribution is 2.23. The quantitative estimate of drug-likeness (QED) is 0.554. The number of benzene rings is 1. The molecule has 0 unspecified atom stereocenters. The molecule has 0 spiro atoms. The third-order valence-corrected chi connectivity index (χ3v) is 5.40. The molecule has 3 amide bonds. The number of esters is 1. The van der Waals surface area contributed by atoms with Gasteiger partial charge in [0.2, 0.25) is 17.7 Å². The SMILES string of the molecule is COC(=O)CCCC(=O)N(CC(=O)NCC(=O)Nc1cccc(C)c1)C1CCCCC1. The monoisotopic (exact) mass is 431 g/mol. The van der Waals surface area contributed by atoms with E-state index in [4.69, 9.17) is 0 Å². The number of anilines is 1. The number of nitrogens with zero attached hydrogens (tertiary/aromatic N) is 1. The molecule has 2 rings (SSSR count). The minimum Gasteiger partial charge on any atom is -0.469 e. The van der Waals surface area contributed by atoms with Crippen LogP contribution >= 0.6 is 0 Å². The summed E-state index contributed by atoms with van der Waals surface area (Å²) in [6, 6.07) is 7.42. The predicted octanol–water partition coefficient (Wildman–Crippen LogP) is 2.55. The Morgan fingerprint density at radius 1 is 1.06 bits per heavy atom. The minimum absolute atomic E-state index is 0.0197. The molecule has 0 aliphatic heterocycles. The van der Waals surface area contributed by atoms with E-state index >= 15 is 0 Å². The Kier molecular flexibility index (Phi) is 10.00. The molecule has 31 heavy (non-hydrogen) atoms. The molecule has 8 heteroatoms. The van der Waals surface area contributed by atoms with Crippen molar-refractivity contribution in [2.24, 2.45) is 0 Å². The van der Waals surface area contributed by atoms with Crippen molar-refractivity contribution < 1.29 is 23.9 Å². The normalized spacial score (nSPS) is 13.9. The summed E-state index contributed by atoms with van der Waals surface area (Å²) in [7, 11) is 1.32. The second-order valence-electron chi connectivity index (χ2n) is 7.94. The molecule has 0 bridgehead atoms. The number of carbonyl (C=O) groups is 4. The number of amides is 3. The molecule has 2 N–H and O–H groups in total. The van der Waals surface area contributed by atoms with Crippen LogP contribution in [-0.4, -0.2) is 54.8 Å². The van der Waals surface area contributed by atoms with Crippen LogP contribution < -0.4 is 10.6 Å². The molecule has 1 aliphatic carbocycles. The Balaban J connectivity index is 1.86. The fraction of sp³-hybridized carbons (Fsp3) is 0.565. The second-order valence-corrected chi connectivity index (χ2v) is 7.94. The second kappa shape index (κ2) is 12.7. The van der Waals surface area contributed by atoms with Crippen molar-refractivity contribution >= 4 is 29.4 Å². The van der Waals surface area contributed by atoms with E-state index in [9.17, 15) is 19.2 Å². The number of aryl methyl sites for hydroxylation is 1. The van der Waals surface area contributed by atoms with E-state index in [1.165, 1.54) is 7.11 Å².